The van der Waals surface area contributed by atoms with Gasteiger partial charge in [0, 0.05) is 6.54 Å². The Hall–Kier alpha value is -1.73. The summed E-state index contributed by atoms with van der Waals surface area (Å²) in [6, 6.07) is 4.00. The second-order valence-corrected chi connectivity index (χ2v) is 7.94. The summed E-state index contributed by atoms with van der Waals surface area (Å²) in [7, 11) is 0. The first-order chi connectivity index (χ1) is 12.3. The molecule has 2 aromatic heterocycles. The molecular formula is C18H26N6O. The van der Waals surface area contributed by atoms with Crippen LogP contribution in [0.2, 0.25) is 0 Å². The summed E-state index contributed by atoms with van der Waals surface area (Å²) in [5.41, 5.74) is 0.843. The summed E-state index contributed by atoms with van der Waals surface area (Å²) in [5.74, 6) is 1.70. The molecule has 0 radical (unpaired) electrons. The van der Waals surface area contributed by atoms with Gasteiger partial charge in [-0.1, -0.05) is 6.42 Å². The highest BCUT2D eigenvalue weighted by molar-refractivity contribution is 5.48. The lowest BCUT2D eigenvalue weighted by atomic mass is 9.82. The van der Waals surface area contributed by atoms with Gasteiger partial charge in [0.1, 0.15) is 17.7 Å². The highest BCUT2D eigenvalue weighted by Crippen LogP contribution is 2.38. The van der Waals surface area contributed by atoms with Crippen LogP contribution < -0.4 is 4.90 Å². The van der Waals surface area contributed by atoms with Gasteiger partial charge in [-0.3, -0.25) is 0 Å². The van der Waals surface area contributed by atoms with Gasteiger partial charge in [-0.15, -0.1) is 15.3 Å². The molecule has 0 N–H and O–H groups in total. The Morgan fingerprint density at radius 1 is 1.16 bits per heavy atom. The van der Waals surface area contributed by atoms with Gasteiger partial charge in [-0.25, -0.2) is 0 Å². The van der Waals surface area contributed by atoms with E-state index in [-0.39, 0.29) is 5.60 Å². The van der Waals surface area contributed by atoms with Crippen molar-refractivity contribution in [3.8, 4) is 0 Å². The number of hydrogen-bond acceptors (Lipinski definition) is 6. The van der Waals surface area contributed by atoms with Gasteiger partial charge in [-0.05, 0) is 56.8 Å². The Morgan fingerprint density at radius 2 is 2.04 bits per heavy atom. The predicted molar refractivity (Wildman–Crippen MR) is 94.7 cm³/mol. The Kier molecular flexibility index (Phi) is 3.86. The normalized spacial score (nSPS) is 26.9. The first kappa shape index (κ1) is 15.5. The summed E-state index contributed by atoms with van der Waals surface area (Å²) in [6.45, 7) is 6.61. The van der Waals surface area contributed by atoms with Gasteiger partial charge >= 0.3 is 0 Å². The summed E-state index contributed by atoms with van der Waals surface area (Å²) in [6.07, 6.45) is 8.27. The summed E-state index contributed by atoms with van der Waals surface area (Å²) in [5, 5.41) is 12.5. The topological polar surface area (TPSA) is 58.8 Å². The van der Waals surface area contributed by atoms with E-state index in [0.29, 0.717) is 5.92 Å². The molecule has 7 heteroatoms. The third-order valence-electron chi connectivity index (χ3n) is 6.03. The minimum absolute atomic E-state index is 0.0578. The van der Waals surface area contributed by atoms with Gasteiger partial charge in [0.15, 0.2) is 5.65 Å². The fourth-order valence-corrected chi connectivity index (χ4v) is 4.52. The van der Waals surface area contributed by atoms with E-state index in [2.05, 4.69) is 25.1 Å². The molecule has 1 unspecified atom stereocenters. The second kappa shape index (κ2) is 6.21. The number of aromatic nitrogens is 4. The minimum atomic E-state index is 0.0578. The molecule has 1 atom stereocenters. The summed E-state index contributed by atoms with van der Waals surface area (Å²) < 4.78 is 8.09. The molecule has 3 saturated heterocycles. The van der Waals surface area contributed by atoms with E-state index in [1.165, 1.54) is 51.7 Å². The van der Waals surface area contributed by atoms with Crippen molar-refractivity contribution in [1.29, 1.82) is 0 Å². The van der Waals surface area contributed by atoms with Crippen LogP contribution in [0.4, 0.5) is 5.82 Å². The maximum atomic E-state index is 6.35. The van der Waals surface area contributed by atoms with Crippen molar-refractivity contribution < 1.29 is 4.74 Å². The molecule has 25 heavy (non-hydrogen) atoms. The fraction of sp³-hybridized carbons (Fsp3) is 0.722. The molecule has 3 aliphatic heterocycles. The minimum Gasteiger partial charge on any atom is -0.371 e. The molecule has 5 heterocycles. The Labute approximate surface area is 148 Å². The van der Waals surface area contributed by atoms with Gasteiger partial charge in [0.2, 0.25) is 0 Å². The average molecular weight is 342 g/mol. The van der Waals surface area contributed by atoms with E-state index >= 15 is 0 Å². The molecule has 2 aromatic rings. The van der Waals surface area contributed by atoms with Gasteiger partial charge in [0.25, 0.3) is 0 Å². The molecule has 3 fully saturated rings. The zero-order valence-corrected chi connectivity index (χ0v) is 14.7. The first-order valence-electron chi connectivity index (χ1n) is 9.58. The molecule has 3 aliphatic rings. The molecule has 0 saturated carbocycles. The predicted octanol–water partition coefficient (Wildman–Crippen LogP) is 1.60. The van der Waals surface area contributed by atoms with Crippen LogP contribution in [0.15, 0.2) is 18.5 Å². The molecule has 0 aromatic carbocycles. The number of hydrogen-bond donors (Lipinski definition) is 0. The van der Waals surface area contributed by atoms with Crippen molar-refractivity contribution in [3.05, 3.63) is 18.5 Å². The van der Waals surface area contributed by atoms with Crippen molar-refractivity contribution in [2.45, 2.75) is 37.7 Å². The monoisotopic (exact) mass is 342 g/mol. The third-order valence-corrected chi connectivity index (χ3v) is 6.03. The van der Waals surface area contributed by atoms with Crippen LogP contribution in [-0.2, 0) is 4.74 Å². The standard InChI is InChI=1S/C18H26N6O/c1-2-8-22(9-3-1)10-15-6-7-18(25-11-15)12-23(13-18)17-5-4-16-20-19-14-24(16)21-17/h4-5,14-15H,1-3,6-13H2. The van der Waals surface area contributed by atoms with Crippen molar-refractivity contribution in [2.24, 2.45) is 5.92 Å². The van der Waals surface area contributed by atoms with Crippen LogP contribution >= 0.6 is 0 Å². The van der Waals surface area contributed by atoms with Crippen molar-refractivity contribution in [2.75, 3.05) is 44.2 Å². The molecular weight excluding hydrogens is 316 g/mol. The molecule has 134 valence electrons. The number of fused-ring (bicyclic) bond motifs is 1. The quantitative estimate of drug-likeness (QED) is 0.844. The number of nitrogens with zero attached hydrogens (tertiary/aromatic N) is 6. The van der Waals surface area contributed by atoms with Crippen LogP contribution in [0.1, 0.15) is 32.1 Å². The number of piperidine rings is 1. The van der Waals surface area contributed by atoms with Gasteiger partial charge in [-0.2, -0.15) is 4.52 Å². The lowest BCUT2D eigenvalue weighted by Gasteiger charge is -2.53. The van der Waals surface area contributed by atoms with E-state index < -0.39 is 0 Å². The Balaban J connectivity index is 1.15. The van der Waals surface area contributed by atoms with E-state index in [0.717, 1.165) is 31.2 Å². The molecule has 1 spiro atoms. The van der Waals surface area contributed by atoms with Crippen molar-refractivity contribution >= 4 is 11.5 Å². The maximum Gasteiger partial charge on any atom is 0.177 e. The van der Waals surface area contributed by atoms with Crippen molar-refractivity contribution in [3.63, 3.8) is 0 Å². The molecule has 5 rings (SSSR count). The molecule has 7 nitrogen and oxygen atoms in total. The third kappa shape index (κ3) is 3.00. The number of anilines is 1. The zero-order valence-electron chi connectivity index (χ0n) is 14.7. The highest BCUT2D eigenvalue weighted by atomic mass is 16.5. The highest BCUT2D eigenvalue weighted by Gasteiger charge is 2.47. The lowest BCUT2D eigenvalue weighted by molar-refractivity contribution is -0.119. The largest absolute Gasteiger partial charge is 0.371 e. The SMILES string of the molecule is c1cc2nncn2nc1N1CC2(CCC(CN3CCCCC3)CO2)C1. The molecule has 0 amide bonds. The van der Waals surface area contributed by atoms with Crippen LogP contribution in [0.25, 0.3) is 5.65 Å². The lowest BCUT2D eigenvalue weighted by Crippen LogP contribution is -2.65. The summed E-state index contributed by atoms with van der Waals surface area (Å²) >= 11 is 0. The van der Waals surface area contributed by atoms with E-state index in [4.69, 9.17) is 4.74 Å². The summed E-state index contributed by atoms with van der Waals surface area (Å²) in [4.78, 5) is 4.94. The fourth-order valence-electron chi connectivity index (χ4n) is 4.52. The Bertz CT molecular complexity index is 724. The smallest absolute Gasteiger partial charge is 0.177 e. The van der Waals surface area contributed by atoms with Crippen molar-refractivity contribution in [1.82, 2.24) is 24.7 Å². The van der Waals surface area contributed by atoms with E-state index in [1.54, 1.807) is 10.8 Å². The number of ether oxygens (including phenoxy) is 1. The van der Waals surface area contributed by atoms with E-state index in [9.17, 15) is 0 Å². The van der Waals surface area contributed by atoms with Crippen LogP contribution in [0.3, 0.4) is 0 Å². The van der Waals surface area contributed by atoms with Crippen LogP contribution in [-0.4, -0.2) is 69.6 Å². The van der Waals surface area contributed by atoms with Gasteiger partial charge in [0.05, 0.1) is 19.7 Å². The zero-order chi connectivity index (χ0) is 16.7. The van der Waals surface area contributed by atoms with Crippen LogP contribution in [0.5, 0.6) is 0 Å². The average Bonchev–Trinajstić information content (AvgIpc) is 3.09. The maximum absolute atomic E-state index is 6.35. The first-order valence-corrected chi connectivity index (χ1v) is 9.58. The number of likely N-dealkylation sites (tertiary alicyclic amines) is 1. The van der Waals surface area contributed by atoms with E-state index in [1.807, 2.05) is 12.1 Å². The van der Waals surface area contributed by atoms with Gasteiger partial charge < -0.3 is 14.5 Å². The van der Waals surface area contributed by atoms with Crippen LogP contribution in [0, 0.1) is 5.92 Å². The molecule has 0 aliphatic carbocycles. The Morgan fingerprint density at radius 3 is 2.84 bits per heavy atom. The second-order valence-electron chi connectivity index (χ2n) is 7.94. The molecule has 0 bridgehead atoms. The number of rotatable bonds is 3.